The molecule has 0 aliphatic heterocycles. The van der Waals surface area contributed by atoms with Crippen LogP contribution in [0.3, 0.4) is 0 Å². The fourth-order valence-corrected chi connectivity index (χ4v) is 1.98. The lowest BCUT2D eigenvalue weighted by Gasteiger charge is -2.22. The number of nitrogens with zero attached hydrogens (tertiary/aromatic N) is 1. The standard InChI is InChI=1S/C15H24N2O2/c1-5-17(6-2)13-7-8-14(11(3)9-13)16-10-12(4)15(18)19/h7-9,12,16H,5-6,10H2,1-4H3,(H,18,19). The first-order valence-corrected chi connectivity index (χ1v) is 6.81. The second-order valence-electron chi connectivity index (χ2n) is 4.79. The van der Waals surface area contributed by atoms with E-state index in [4.69, 9.17) is 5.11 Å². The van der Waals surface area contributed by atoms with E-state index in [1.54, 1.807) is 6.92 Å². The second kappa shape index (κ2) is 7.02. The number of hydrogen-bond acceptors (Lipinski definition) is 3. The van der Waals surface area contributed by atoms with Crippen LogP contribution in [0.15, 0.2) is 18.2 Å². The molecule has 0 aliphatic carbocycles. The van der Waals surface area contributed by atoms with Crippen molar-refractivity contribution in [3.8, 4) is 0 Å². The average Bonchev–Trinajstić information content (AvgIpc) is 2.38. The molecular formula is C15H24N2O2. The molecule has 1 aromatic rings. The van der Waals surface area contributed by atoms with Crippen molar-refractivity contribution in [1.82, 2.24) is 0 Å². The summed E-state index contributed by atoms with van der Waals surface area (Å²) in [4.78, 5) is 13.1. The minimum Gasteiger partial charge on any atom is -0.481 e. The normalized spacial score (nSPS) is 12.0. The summed E-state index contributed by atoms with van der Waals surface area (Å²) in [7, 11) is 0. The van der Waals surface area contributed by atoms with Crippen molar-refractivity contribution in [2.45, 2.75) is 27.7 Å². The zero-order valence-corrected chi connectivity index (χ0v) is 12.2. The van der Waals surface area contributed by atoms with Gasteiger partial charge in [-0.3, -0.25) is 4.79 Å². The van der Waals surface area contributed by atoms with Gasteiger partial charge in [0.15, 0.2) is 0 Å². The summed E-state index contributed by atoms with van der Waals surface area (Å²) >= 11 is 0. The Morgan fingerprint density at radius 1 is 1.37 bits per heavy atom. The van der Waals surface area contributed by atoms with E-state index in [1.807, 2.05) is 13.0 Å². The number of hydrogen-bond donors (Lipinski definition) is 2. The summed E-state index contributed by atoms with van der Waals surface area (Å²) in [5.74, 6) is -1.16. The van der Waals surface area contributed by atoms with Crippen LogP contribution in [-0.2, 0) is 4.79 Å². The number of rotatable bonds is 7. The van der Waals surface area contributed by atoms with Crippen LogP contribution in [0.2, 0.25) is 0 Å². The van der Waals surface area contributed by atoms with Gasteiger partial charge in [-0.1, -0.05) is 6.92 Å². The lowest BCUT2D eigenvalue weighted by molar-refractivity contribution is -0.140. The summed E-state index contributed by atoms with van der Waals surface area (Å²) in [6.07, 6.45) is 0. The molecule has 0 fully saturated rings. The number of aryl methyl sites for hydroxylation is 1. The van der Waals surface area contributed by atoms with Gasteiger partial charge in [-0.05, 0) is 44.5 Å². The molecule has 1 unspecified atom stereocenters. The average molecular weight is 264 g/mol. The Kier molecular flexibility index (Phi) is 5.67. The smallest absolute Gasteiger partial charge is 0.308 e. The summed E-state index contributed by atoms with van der Waals surface area (Å²) < 4.78 is 0. The Morgan fingerprint density at radius 2 is 2.00 bits per heavy atom. The maximum Gasteiger partial charge on any atom is 0.308 e. The minimum absolute atomic E-state index is 0.387. The van der Waals surface area contributed by atoms with Crippen LogP contribution in [0, 0.1) is 12.8 Å². The van der Waals surface area contributed by atoms with E-state index in [0.29, 0.717) is 6.54 Å². The molecular weight excluding hydrogens is 240 g/mol. The third-order valence-corrected chi connectivity index (χ3v) is 3.36. The molecule has 0 spiro atoms. The van der Waals surface area contributed by atoms with Crippen molar-refractivity contribution >= 4 is 17.3 Å². The quantitative estimate of drug-likeness (QED) is 0.795. The molecule has 2 N–H and O–H groups in total. The molecule has 4 nitrogen and oxygen atoms in total. The van der Waals surface area contributed by atoms with E-state index in [0.717, 1.165) is 24.3 Å². The zero-order valence-electron chi connectivity index (χ0n) is 12.2. The van der Waals surface area contributed by atoms with Gasteiger partial charge >= 0.3 is 5.97 Å². The largest absolute Gasteiger partial charge is 0.481 e. The number of anilines is 2. The number of nitrogens with one attached hydrogen (secondary N) is 1. The summed E-state index contributed by atoms with van der Waals surface area (Å²) in [5.41, 5.74) is 3.35. The molecule has 0 heterocycles. The highest BCUT2D eigenvalue weighted by atomic mass is 16.4. The van der Waals surface area contributed by atoms with Crippen LogP contribution < -0.4 is 10.2 Å². The number of benzene rings is 1. The fourth-order valence-electron chi connectivity index (χ4n) is 1.98. The van der Waals surface area contributed by atoms with Crippen LogP contribution in [0.5, 0.6) is 0 Å². The van der Waals surface area contributed by atoms with Gasteiger partial charge in [0.05, 0.1) is 5.92 Å². The molecule has 0 saturated heterocycles. The molecule has 0 saturated carbocycles. The second-order valence-corrected chi connectivity index (χ2v) is 4.79. The van der Waals surface area contributed by atoms with Crippen molar-refractivity contribution < 1.29 is 9.90 Å². The minimum atomic E-state index is -0.773. The first-order valence-electron chi connectivity index (χ1n) is 6.81. The van der Waals surface area contributed by atoms with Crippen LogP contribution in [0.4, 0.5) is 11.4 Å². The van der Waals surface area contributed by atoms with Crippen molar-refractivity contribution in [3.63, 3.8) is 0 Å². The predicted octanol–water partition coefficient (Wildman–Crippen LogP) is 2.97. The van der Waals surface area contributed by atoms with Gasteiger partial charge in [0.1, 0.15) is 0 Å². The van der Waals surface area contributed by atoms with Crippen molar-refractivity contribution in [1.29, 1.82) is 0 Å². The molecule has 0 amide bonds. The van der Waals surface area contributed by atoms with E-state index in [1.165, 1.54) is 5.69 Å². The molecule has 0 bridgehead atoms. The van der Waals surface area contributed by atoms with Crippen LogP contribution in [0.1, 0.15) is 26.3 Å². The Bertz CT molecular complexity index is 428. The van der Waals surface area contributed by atoms with Gasteiger partial charge < -0.3 is 15.3 Å². The number of carbonyl (C=O) groups is 1. The summed E-state index contributed by atoms with van der Waals surface area (Å²) in [6, 6.07) is 6.24. The Morgan fingerprint density at radius 3 is 2.47 bits per heavy atom. The highest BCUT2D eigenvalue weighted by molar-refractivity contribution is 5.70. The third kappa shape index (κ3) is 4.16. The number of carboxylic acid groups (broad SMARTS) is 1. The van der Waals surface area contributed by atoms with Crippen LogP contribution in [0.25, 0.3) is 0 Å². The Labute approximate surface area is 115 Å². The van der Waals surface area contributed by atoms with Gasteiger partial charge in [0.2, 0.25) is 0 Å². The molecule has 1 rings (SSSR count). The molecule has 0 radical (unpaired) electrons. The van der Waals surface area contributed by atoms with E-state index in [-0.39, 0.29) is 5.92 Å². The lowest BCUT2D eigenvalue weighted by atomic mass is 10.1. The molecule has 106 valence electrons. The van der Waals surface area contributed by atoms with Crippen molar-refractivity contribution in [2.75, 3.05) is 29.9 Å². The van der Waals surface area contributed by atoms with Crippen LogP contribution >= 0.6 is 0 Å². The first kappa shape index (κ1) is 15.3. The van der Waals surface area contributed by atoms with E-state index in [9.17, 15) is 4.79 Å². The Hall–Kier alpha value is -1.71. The van der Waals surface area contributed by atoms with Gasteiger partial charge in [-0.15, -0.1) is 0 Å². The van der Waals surface area contributed by atoms with Gasteiger partial charge in [-0.25, -0.2) is 0 Å². The van der Waals surface area contributed by atoms with E-state index in [2.05, 4.69) is 36.2 Å². The number of aliphatic carboxylic acids is 1. The summed E-state index contributed by atoms with van der Waals surface area (Å²) in [6.45, 7) is 10.4. The zero-order chi connectivity index (χ0) is 14.4. The van der Waals surface area contributed by atoms with Gasteiger partial charge in [0.25, 0.3) is 0 Å². The highest BCUT2D eigenvalue weighted by Crippen LogP contribution is 2.22. The predicted molar refractivity (Wildman–Crippen MR) is 80.0 cm³/mol. The number of carboxylic acids is 1. The summed E-state index contributed by atoms with van der Waals surface area (Å²) in [5, 5.41) is 12.1. The van der Waals surface area contributed by atoms with Gasteiger partial charge in [0, 0.05) is 31.0 Å². The fraction of sp³-hybridized carbons (Fsp3) is 0.533. The Balaban J connectivity index is 2.74. The van der Waals surface area contributed by atoms with Gasteiger partial charge in [-0.2, -0.15) is 0 Å². The SMILES string of the molecule is CCN(CC)c1ccc(NCC(C)C(=O)O)c(C)c1. The van der Waals surface area contributed by atoms with Crippen molar-refractivity contribution in [2.24, 2.45) is 5.92 Å². The van der Waals surface area contributed by atoms with Crippen LogP contribution in [-0.4, -0.2) is 30.7 Å². The highest BCUT2D eigenvalue weighted by Gasteiger charge is 2.11. The first-order chi connectivity index (χ1) is 8.99. The monoisotopic (exact) mass is 264 g/mol. The van der Waals surface area contributed by atoms with Crippen molar-refractivity contribution in [3.05, 3.63) is 23.8 Å². The molecule has 0 aromatic heterocycles. The third-order valence-electron chi connectivity index (χ3n) is 3.36. The topological polar surface area (TPSA) is 52.6 Å². The lowest BCUT2D eigenvalue weighted by Crippen LogP contribution is -2.22. The molecule has 4 heteroatoms. The van der Waals surface area contributed by atoms with E-state index < -0.39 is 5.97 Å². The molecule has 1 aromatic carbocycles. The molecule has 0 aliphatic rings. The molecule has 1 atom stereocenters. The molecule has 19 heavy (non-hydrogen) atoms. The maximum atomic E-state index is 10.8. The maximum absolute atomic E-state index is 10.8. The van der Waals surface area contributed by atoms with E-state index >= 15 is 0 Å².